The predicted molar refractivity (Wildman–Crippen MR) is 93.3 cm³/mol. The van der Waals surface area contributed by atoms with E-state index in [1.165, 1.54) is 24.8 Å². The topological polar surface area (TPSA) is 63.1 Å². The molecule has 1 aliphatic rings. The van der Waals surface area contributed by atoms with E-state index in [0.29, 0.717) is 18.3 Å². The molecule has 0 bridgehead atoms. The minimum Gasteiger partial charge on any atom is -0.349 e. The van der Waals surface area contributed by atoms with E-state index in [0.717, 1.165) is 18.8 Å². The highest BCUT2D eigenvalue weighted by atomic mass is 16.2. The molecule has 1 aromatic heterocycles. The maximum Gasteiger partial charge on any atom is 0.273 e. The fourth-order valence-corrected chi connectivity index (χ4v) is 3.08. The molecule has 0 saturated carbocycles. The molecular weight excluding hydrogens is 302 g/mol. The summed E-state index contributed by atoms with van der Waals surface area (Å²) < 4.78 is 1.63. The summed E-state index contributed by atoms with van der Waals surface area (Å²) in [5.41, 5.74) is 2.43. The summed E-state index contributed by atoms with van der Waals surface area (Å²) in [6.07, 6.45) is 5.48. The van der Waals surface area contributed by atoms with Crippen molar-refractivity contribution >= 4 is 5.91 Å². The first-order valence-corrected chi connectivity index (χ1v) is 8.65. The third-order valence-electron chi connectivity index (χ3n) is 4.65. The third kappa shape index (κ3) is 4.00. The van der Waals surface area contributed by atoms with Gasteiger partial charge in [0, 0.05) is 19.1 Å². The number of aromatic nitrogens is 3. The summed E-state index contributed by atoms with van der Waals surface area (Å²) in [5, 5.41) is 11.0. The molecule has 1 saturated heterocycles. The van der Waals surface area contributed by atoms with Gasteiger partial charge in [-0.1, -0.05) is 29.3 Å². The van der Waals surface area contributed by atoms with Crippen LogP contribution < -0.4 is 5.32 Å². The van der Waals surface area contributed by atoms with Crippen LogP contribution in [0.5, 0.6) is 0 Å². The summed E-state index contributed by atoms with van der Waals surface area (Å²) in [6.45, 7) is 6.95. The molecule has 1 atom stereocenters. The Bertz CT molecular complexity index is 679. The highest BCUT2D eigenvalue weighted by Crippen LogP contribution is 2.15. The van der Waals surface area contributed by atoms with Gasteiger partial charge in [0.05, 0.1) is 11.9 Å². The van der Waals surface area contributed by atoms with Gasteiger partial charge in [0.2, 0.25) is 0 Å². The van der Waals surface area contributed by atoms with Gasteiger partial charge < -0.3 is 5.32 Å². The van der Waals surface area contributed by atoms with E-state index in [-0.39, 0.29) is 5.91 Å². The molecule has 1 aromatic carbocycles. The van der Waals surface area contributed by atoms with Crippen LogP contribution >= 0.6 is 0 Å². The van der Waals surface area contributed by atoms with E-state index < -0.39 is 0 Å². The van der Waals surface area contributed by atoms with Gasteiger partial charge in [0.15, 0.2) is 5.69 Å². The molecule has 2 aromatic rings. The maximum absolute atomic E-state index is 12.2. The van der Waals surface area contributed by atoms with Crippen LogP contribution in [-0.2, 0) is 0 Å². The Morgan fingerprint density at radius 2 is 2.08 bits per heavy atom. The Kier molecular flexibility index (Phi) is 5.25. The van der Waals surface area contributed by atoms with Crippen molar-refractivity contribution in [3.05, 3.63) is 41.7 Å². The summed E-state index contributed by atoms with van der Waals surface area (Å²) in [6, 6.07) is 8.55. The molecule has 1 unspecified atom stereocenters. The number of rotatable bonds is 5. The molecule has 1 fully saturated rings. The Morgan fingerprint density at radius 3 is 2.83 bits per heavy atom. The molecule has 1 aliphatic heterocycles. The zero-order valence-corrected chi connectivity index (χ0v) is 14.4. The molecule has 2 heterocycles. The number of nitrogens with one attached hydrogen (secondary N) is 1. The van der Waals surface area contributed by atoms with Crippen LogP contribution in [-0.4, -0.2) is 51.5 Å². The number of aryl methyl sites for hydroxylation is 1. The maximum atomic E-state index is 12.2. The first-order chi connectivity index (χ1) is 11.6. The zero-order chi connectivity index (χ0) is 16.9. The van der Waals surface area contributed by atoms with Crippen molar-refractivity contribution in [1.82, 2.24) is 25.2 Å². The van der Waals surface area contributed by atoms with E-state index in [4.69, 9.17) is 0 Å². The normalized spacial score (nSPS) is 18.5. The van der Waals surface area contributed by atoms with Gasteiger partial charge in [-0.05, 0) is 45.4 Å². The lowest BCUT2D eigenvalue weighted by molar-refractivity contribution is 0.0933. The van der Waals surface area contributed by atoms with Crippen molar-refractivity contribution in [2.24, 2.45) is 0 Å². The summed E-state index contributed by atoms with van der Waals surface area (Å²) in [4.78, 5) is 14.7. The number of carbonyl (C=O) groups excluding carboxylic acids is 1. The van der Waals surface area contributed by atoms with E-state index in [1.54, 1.807) is 10.9 Å². The first-order valence-electron chi connectivity index (χ1n) is 8.65. The minimum atomic E-state index is -0.168. The van der Waals surface area contributed by atoms with Crippen LogP contribution in [0.1, 0.15) is 42.2 Å². The van der Waals surface area contributed by atoms with Gasteiger partial charge in [-0.2, -0.15) is 0 Å². The molecule has 1 amide bonds. The second-order valence-corrected chi connectivity index (χ2v) is 6.52. The molecule has 0 aliphatic carbocycles. The second-order valence-electron chi connectivity index (χ2n) is 6.52. The lowest BCUT2D eigenvalue weighted by Gasteiger charge is -2.33. The highest BCUT2D eigenvalue weighted by Gasteiger charge is 2.18. The number of nitrogens with zero attached hydrogens (tertiary/aromatic N) is 4. The van der Waals surface area contributed by atoms with Crippen LogP contribution in [0.25, 0.3) is 5.69 Å². The van der Waals surface area contributed by atoms with Crippen molar-refractivity contribution in [3.63, 3.8) is 0 Å². The molecule has 24 heavy (non-hydrogen) atoms. The van der Waals surface area contributed by atoms with Crippen LogP contribution in [0, 0.1) is 6.92 Å². The van der Waals surface area contributed by atoms with E-state index in [2.05, 4.69) is 27.5 Å². The number of hydrogen-bond acceptors (Lipinski definition) is 4. The van der Waals surface area contributed by atoms with Gasteiger partial charge in [-0.3, -0.25) is 9.69 Å². The van der Waals surface area contributed by atoms with Crippen LogP contribution in [0.4, 0.5) is 0 Å². The van der Waals surface area contributed by atoms with Crippen molar-refractivity contribution in [2.75, 3.05) is 19.6 Å². The standard InChI is InChI=1S/C18H25N5O/c1-14-6-8-16(9-7-14)23-13-17(20-21-23)18(24)19-10-12-22-11-4-3-5-15(22)2/h6-9,13,15H,3-5,10-12H2,1-2H3,(H,19,24). The monoisotopic (exact) mass is 327 g/mol. The summed E-state index contributed by atoms with van der Waals surface area (Å²) in [5.74, 6) is -0.168. The Labute approximate surface area is 142 Å². The summed E-state index contributed by atoms with van der Waals surface area (Å²) >= 11 is 0. The quantitative estimate of drug-likeness (QED) is 0.914. The minimum absolute atomic E-state index is 0.168. The number of benzene rings is 1. The fraction of sp³-hybridized carbons (Fsp3) is 0.500. The molecule has 6 nitrogen and oxygen atoms in total. The molecular formula is C18H25N5O. The van der Waals surface area contributed by atoms with Crippen molar-refractivity contribution in [3.8, 4) is 5.69 Å². The average molecular weight is 327 g/mol. The van der Waals surface area contributed by atoms with Gasteiger partial charge in [0.1, 0.15) is 0 Å². The van der Waals surface area contributed by atoms with E-state index in [9.17, 15) is 4.79 Å². The number of likely N-dealkylation sites (tertiary alicyclic amines) is 1. The van der Waals surface area contributed by atoms with Gasteiger partial charge in [-0.25, -0.2) is 4.68 Å². The Balaban J connectivity index is 1.53. The number of hydrogen-bond donors (Lipinski definition) is 1. The number of carbonyl (C=O) groups is 1. The third-order valence-corrected chi connectivity index (χ3v) is 4.65. The fourth-order valence-electron chi connectivity index (χ4n) is 3.08. The van der Waals surface area contributed by atoms with E-state index >= 15 is 0 Å². The van der Waals surface area contributed by atoms with Crippen LogP contribution in [0.3, 0.4) is 0 Å². The van der Waals surface area contributed by atoms with Gasteiger partial charge >= 0.3 is 0 Å². The Morgan fingerprint density at radius 1 is 1.29 bits per heavy atom. The predicted octanol–water partition coefficient (Wildman–Crippen LogP) is 2.18. The number of piperidine rings is 1. The summed E-state index contributed by atoms with van der Waals surface area (Å²) in [7, 11) is 0. The zero-order valence-electron chi connectivity index (χ0n) is 14.4. The molecule has 0 spiro atoms. The molecule has 1 N–H and O–H groups in total. The Hall–Kier alpha value is -2.21. The molecule has 0 radical (unpaired) electrons. The van der Waals surface area contributed by atoms with Crippen LogP contribution in [0.2, 0.25) is 0 Å². The van der Waals surface area contributed by atoms with Gasteiger partial charge in [-0.15, -0.1) is 5.10 Å². The lowest BCUT2D eigenvalue weighted by atomic mass is 10.0. The number of amides is 1. The first kappa shape index (κ1) is 16.6. The van der Waals surface area contributed by atoms with Crippen molar-refractivity contribution in [2.45, 2.75) is 39.2 Å². The smallest absolute Gasteiger partial charge is 0.273 e. The second kappa shape index (κ2) is 7.57. The van der Waals surface area contributed by atoms with Crippen molar-refractivity contribution in [1.29, 1.82) is 0 Å². The van der Waals surface area contributed by atoms with E-state index in [1.807, 2.05) is 31.2 Å². The lowest BCUT2D eigenvalue weighted by Crippen LogP contribution is -2.42. The average Bonchev–Trinajstić information content (AvgIpc) is 3.07. The van der Waals surface area contributed by atoms with Crippen LogP contribution in [0.15, 0.2) is 30.5 Å². The highest BCUT2D eigenvalue weighted by molar-refractivity contribution is 5.91. The SMILES string of the molecule is Cc1ccc(-n2cc(C(=O)NCCN3CCCCC3C)nn2)cc1. The van der Waals surface area contributed by atoms with Crippen molar-refractivity contribution < 1.29 is 4.79 Å². The molecule has 6 heteroatoms. The molecule has 128 valence electrons. The van der Waals surface area contributed by atoms with Gasteiger partial charge in [0.25, 0.3) is 5.91 Å². The largest absolute Gasteiger partial charge is 0.349 e. The molecule has 3 rings (SSSR count).